The van der Waals surface area contributed by atoms with Gasteiger partial charge in [-0.1, -0.05) is 0 Å². The summed E-state index contributed by atoms with van der Waals surface area (Å²) in [5.74, 6) is 0.153. The Bertz CT molecular complexity index is 573. The zero-order valence-electron chi connectivity index (χ0n) is 9.47. The van der Waals surface area contributed by atoms with E-state index >= 15 is 0 Å². The minimum Gasteiger partial charge on any atom is -0.490 e. The lowest BCUT2D eigenvalue weighted by molar-refractivity contribution is 0.241. The summed E-state index contributed by atoms with van der Waals surface area (Å²) < 4.78 is 28.1. The number of rotatable bonds is 3. The van der Waals surface area contributed by atoms with Crippen molar-refractivity contribution in [3.05, 3.63) is 17.7 Å². The highest BCUT2D eigenvalue weighted by molar-refractivity contribution is 7.89. The first-order valence-electron chi connectivity index (χ1n) is 4.79. The van der Waals surface area contributed by atoms with E-state index in [0.29, 0.717) is 0 Å². The van der Waals surface area contributed by atoms with Gasteiger partial charge in [0.15, 0.2) is 0 Å². The second kappa shape index (κ2) is 4.61. The molecular weight excluding hydrogens is 242 g/mol. The molecule has 92 valence electrons. The molecule has 4 N–H and O–H groups in total. The van der Waals surface area contributed by atoms with Crippen LogP contribution in [0.4, 0.5) is 5.69 Å². The van der Waals surface area contributed by atoms with Gasteiger partial charge in [0.25, 0.3) is 0 Å². The number of primary sulfonamides is 1. The van der Waals surface area contributed by atoms with Gasteiger partial charge < -0.3 is 10.5 Å². The van der Waals surface area contributed by atoms with Crippen LogP contribution in [0.5, 0.6) is 5.75 Å². The maximum Gasteiger partial charge on any atom is 0.241 e. The van der Waals surface area contributed by atoms with Gasteiger partial charge in [-0.2, -0.15) is 5.26 Å². The third-order valence-electron chi connectivity index (χ3n) is 1.91. The third kappa shape index (κ3) is 2.87. The Morgan fingerprint density at radius 1 is 1.41 bits per heavy atom. The fourth-order valence-electron chi connectivity index (χ4n) is 1.35. The molecule has 0 spiro atoms. The SMILES string of the molecule is CC(C)Oc1ccc(N)c(S(N)(=O)=O)c1C#N. The van der Waals surface area contributed by atoms with Gasteiger partial charge in [-0.15, -0.1) is 0 Å². The summed E-state index contributed by atoms with van der Waals surface area (Å²) in [7, 11) is -4.06. The Labute approximate surface area is 99.8 Å². The van der Waals surface area contributed by atoms with Crippen molar-refractivity contribution < 1.29 is 13.2 Å². The Morgan fingerprint density at radius 2 is 2.00 bits per heavy atom. The van der Waals surface area contributed by atoms with Crippen LogP contribution in [0.1, 0.15) is 19.4 Å². The predicted octanol–water partition coefficient (Wildman–Crippen LogP) is 0.575. The average molecular weight is 255 g/mol. The molecule has 0 fully saturated rings. The highest BCUT2D eigenvalue weighted by atomic mass is 32.2. The lowest BCUT2D eigenvalue weighted by atomic mass is 10.2. The van der Waals surface area contributed by atoms with E-state index in [2.05, 4.69) is 0 Å². The molecule has 0 amide bonds. The minimum atomic E-state index is -4.06. The number of nitrogen functional groups attached to an aromatic ring is 1. The van der Waals surface area contributed by atoms with Gasteiger partial charge in [0.1, 0.15) is 22.3 Å². The van der Waals surface area contributed by atoms with Gasteiger partial charge >= 0.3 is 0 Å². The van der Waals surface area contributed by atoms with Crippen LogP contribution in [0.3, 0.4) is 0 Å². The van der Waals surface area contributed by atoms with Crippen LogP contribution in [0.15, 0.2) is 17.0 Å². The number of ether oxygens (including phenoxy) is 1. The summed E-state index contributed by atoms with van der Waals surface area (Å²) in [5.41, 5.74) is 5.28. The first-order chi connectivity index (χ1) is 7.77. The molecule has 0 radical (unpaired) electrons. The third-order valence-corrected chi connectivity index (χ3v) is 2.92. The maximum absolute atomic E-state index is 11.4. The van der Waals surface area contributed by atoms with Crippen LogP contribution in [0.2, 0.25) is 0 Å². The Kier molecular flexibility index (Phi) is 3.60. The van der Waals surface area contributed by atoms with Crippen LogP contribution >= 0.6 is 0 Å². The number of nitrogens with two attached hydrogens (primary N) is 2. The van der Waals surface area contributed by atoms with Crippen molar-refractivity contribution in [1.82, 2.24) is 0 Å². The fourth-order valence-corrected chi connectivity index (χ4v) is 2.17. The molecule has 17 heavy (non-hydrogen) atoms. The average Bonchev–Trinajstić information content (AvgIpc) is 2.17. The van der Waals surface area contributed by atoms with E-state index in [9.17, 15) is 8.42 Å². The van der Waals surface area contributed by atoms with E-state index in [1.807, 2.05) is 0 Å². The smallest absolute Gasteiger partial charge is 0.241 e. The summed E-state index contributed by atoms with van der Waals surface area (Å²) in [6.07, 6.45) is -0.195. The van der Waals surface area contributed by atoms with Crippen molar-refractivity contribution in [2.24, 2.45) is 5.14 Å². The number of nitrogens with zero attached hydrogens (tertiary/aromatic N) is 1. The molecule has 0 saturated carbocycles. The number of nitriles is 1. The summed E-state index contributed by atoms with van der Waals surface area (Å²) in [4.78, 5) is -0.391. The number of hydrogen-bond acceptors (Lipinski definition) is 5. The molecule has 0 atom stereocenters. The molecule has 0 aliphatic carbocycles. The summed E-state index contributed by atoms with van der Waals surface area (Å²) in [6.45, 7) is 3.52. The zero-order chi connectivity index (χ0) is 13.2. The Morgan fingerprint density at radius 3 is 2.41 bits per heavy atom. The fraction of sp³-hybridized carbons (Fsp3) is 0.300. The van der Waals surface area contributed by atoms with Gasteiger partial charge in [-0.25, -0.2) is 13.6 Å². The van der Waals surface area contributed by atoms with E-state index < -0.39 is 14.9 Å². The van der Waals surface area contributed by atoms with Gasteiger partial charge in [0.2, 0.25) is 10.0 Å². The predicted molar refractivity (Wildman–Crippen MR) is 62.7 cm³/mol. The quantitative estimate of drug-likeness (QED) is 0.765. The first-order valence-corrected chi connectivity index (χ1v) is 6.34. The van der Waals surface area contributed by atoms with Gasteiger partial charge in [0.05, 0.1) is 11.8 Å². The molecule has 1 aromatic rings. The molecule has 1 rings (SSSR count). The van der Waals surface area contributed by atoms with Crippen molar-refractivity contribution in [2.45, 2.75) is 24.8 Å². The normalized spacial score (nSPS) is 11.2. The van der Waals surface area contributed by atoms with Crippen LogP contribution in [-0.4, -0.2) is 14.5 Å². The molecule has 0 aliphatic rings. The van der Waals surface area contributed by atoms with E-state index in [4.69, 9.17) is 20.9 Å². The lowest BCUT2D eigenvalue weighted by Gasteiger charge is -2.14. The summed E-state index contributed by atoms with van der Waals surface area (Å²) >= 11 is 0. The van der Waals surface area contributed by atoms with E-state index in [1.54, 1.807) is 19.9 Å². The first kappa shape index (κ1) is 13.3. The van der Waals surface area contributed by atoms with Crippen molar-refractivity contribution in [3.63, 3.8) is 0 Å². The van der Waals surface area contributed by atoms with Crippen molar-refractivity contribution >= 4 is 15.7 Å². The van der Waals surface area contributed by atoms with E-state index in [0.717, 1.165) is 0 Å². The number of anilines is 1. The van der Waals surface area contributed by atoms with Crippen LogP contribution in [0, 0.1) is 11.3 Å². The number of hydrogen-bond donors (Lipinski definition) is 2. The highest BCUT2D eigenvalue weighted by Gasteiger charge is 2.22. The van der Waals surface area contributed by atoms with E-state index in [1.165, 1.54) is 12.1 Å². The Balaban J connectivity index is 3.55. The monoisotopic (exact) mass is 255 g/mol. The minimum absolute atomic E-state index is 0.0693. The summed E-state index contributed by atoms with van der Waals surface area (Å²) in [6, 6.07) is 4.55. The topological polar surface area (TPSA) is 119 Å². The largest absolute Gasteiger partial charge is 0.490 e. The van der Waals surface area contributed by atoms with Gasteiger partial charge in [0, 0.05) is 0 Å². The standard InChI is InChI=1S/C10H13N3O3S/c1-6(2)16-9-4-3-8(12)10(7(9)5-11)17(13,14)15/h3-4,6H,12H2,1-2H3,(H2,13,14,15). The lowest BCUT2D eigenvalue weighted by Crippen LogP contribution is -2.17. The molecule has 0 heterocycles. The van der Waals surface area contributed by atoms with Gasteiger partial charge in [-0.05, 0) is 26.0 Å². The number of benzene rings is 1. The van der Waals surface area contributed by atoms with Crippen molar-refractivity contribution in [1.29, 1.82) is 5.26 Å². The second-order valence-electron chi connectivity index (χ2n) is 3.68. The molecule has 0 aliphatic heterocycles. The maximum atomic E-state index is 11.4. The molecule has 0 bridgehead atoms. The van der Waals surface area contributed by atoms with Crippen LogP contribution in [0.25, 0.3) is 0 Å². The van der Waals surface area contributed by atoms with Crippen molar-refractivity contribution in [2.75, 3.05) is 5.73 Å². The molecule has 1 aromatic carbocycles. The number of sulfonamides is 1. The molecule has 6 nitrogen and oxygen atoms in total. The summed E-state index contributed by atoms with van der Waals surface area (Å²) in [5, 5.41) is 14.0. The van der Waals surface area contributed by atoms with E-state index in [-0.39, 0.29) is 23.1 Å². The van der Waals surface area contributed by atoms with Crippen LogP contribution in [-0.2, 0) is 10.0 Å². The molecular formula is C10H13N3O3S. The zero-order valence-corrected chi connectivity index (χ0v) is 10.3. The Hall–Kier alpha value is -1.78. The van der Waals surface area contributed by atoms with Crippen LogP contribution < -0.4 is 15.6 Å². The second-order valence-corrected chi connectivity index (χ2v) is 5.18. The molecule has 0 aromatic heterocycles. The molecule has 0 saturated heterocycles. The van der Waals surface area contributed by atoms with Crippen molar-refractivity contribution in [3.8, 4) is 11.8 Å². The molecule has 7 heteroatoms. The van der Waals surface area contributed by atoms with Gasteiger partial charge in [-0.3, -0.25) is 0 Å². The highest BCUT2D eigenvalue weighted by Crippen LogP contribution is 2.30. The molecule has 0 unspecified atom stereocenters.